The van der Waals surface area contributed by atoms with Gasteiger partial charge in [0.1, 0.15) is 0 Å². The van der Waals surface area contributed by atoms with E-state index >= 15 is 0 Å². The monoisotopic (exact) mass is 458 g/mol. The third kappa shape index (κ3) is 7.13. The van der Waals surface area contributed by atoms with Gasteiger partial charge in [-0.1, -0.05) is 31.2 Å². The molecule has 1 aromatic rings. The van der Waals surface area contributed by atoms with Crippen LogP contribution in [-0.4, -0.2) is 43.6 Å². The van der Waals surface area contributed by atoms with Crippen LogP contribution >= 0.6 is 24.0 Å². The van der Waals surface area contributed by atoms with E-state index in [0.29, 0.717) is 12.0 Å². The molecule has 4 nitrogen and oxygen atoms in total. The number of hydrogen-bond donors (Lipinski definition) is 2. The molecular formula is C20H35IN4. The fourth-order valence-electron chi connectivity index (χ4n) is 3.45. The Morgan fingerprint density at radius 3 is 2.60 bits per heavy atom. The summed E-state index contributed by atoms with van der Waals surface area (Å²) < 4.78 is 0. The van der Waals surface area contributed by atoms with Crippen LogP contribution < -0.4 is 10.6 Å². The van der Waals surface area contributed by atoms with E-state index < -0.39 is 0 Å². The third-order valence-electron chi connectivity index (χ3n) is 5.01. The number of benzene rings is 1. The van der Waals surface area contributed by atoms with Crippen LogP contribution in [0.5, 0.6) is 0 Å². The number of halogens is 1. The second kappa shape index (κ2) is 11.7. The van der Waals surface area contributed by atoms with Crippen LogP contribution in [0.15, 0.2) is 29.3 Å². The van der Waals surface area contributed by atoms with E-state index in [9.17, 15) is 0 Å². The van der Waals surface area contributed by atoms with Crippen LogP contribution in [0, 0.1) is 5.92 Å². The number of aliphatic imine (C=N–C) groups is 1. The van der Waals surface area contributed by atoms with Crippen LogP contribution in [0.1, 0.15) is 44.7 Å². The molecule has 1 saturated heterocycles. The Morgan fingerprint density at radius 2 is 1.96 bits per heavy atom. The van der Waals surface area contributed by atoms with Crippen molar-refractivity contribution in [2.75, 3.05) is 26.7 Å². The van der Waals surface area contributed by atoms with E-state index in [1.165, 1.54) is 37.1 Å². The third-order valence-corrected chi connectivity index (χ3v) is 5.01. The van der Waals surface area contributed by atoms with Gasteiger partial charge in [0.25, 0.3) is 0 Å². The molecule has 0 spiro atoms. The molecule has 1 aromatic carbocycles. The number of aryl methyl sites for hydroxylation is 1. The largest absolute Gasteiger partial charge is 0.356 e. The zero-order valence-electron chi connectivity index (χ0n) is 16.2. The van der Waals surface area contributed by atoms with Crippen molar-refractivity contribution >= 4 is 29.9 Å². The van der Waals surface area contributed by atoms with Gasteiger partial charge in [-0.3, -0.25) is 4.99 Å². The highest BCUT2D eigenvalue weighted by Gasteiger charge is 2.21. The van der Waals surface area contributed by atoms with Crippen molar-refractivity contribution in [3.05, 3.63) is 35.4 Å². The zero-order chi connectivity index (χ0) is 17.4. The highest BCUT2D eigenvalue weighted by atomic mass is 127. The molecule has 1 heterocycles. The molecule has 2 rings (SSSR count). The number of piperidine rings is 1. The molecular weight excluding hydrogens is 423 g/mol. The van der Waals surface area contributed by atoms with Crippen molar-refractivity contribution in [1.82, 2.24) is 15.5 Å². The second-order valence-electron chi connectivity index (χ2n) is 7.03. The molecule has 0 aromatic heterocycles. The molecule has 1 aliphatic heterocycles. The number of likely N-dealkylation sites (tertiary alicyclic amines) is 1. The van der Waals surface area contributed by atoms with Gasteiger partial charge in [-0.05, 0) is 56.7 Å². The highest BCUT2D eigenvalue weighted by Crippen LogP contribution is 2.17. The van der Waals surface area contributed by atoms with Gasteiger partial charge in [0.05, 0.1) is 0 Å². The van der Waals surface area contributed by atoms with Gasteiger partial charge in [0.15, 0.2) is 5.96 Å². The van der Waals surface area contributed by atoms with Gasteiger partial charge in [-0.2, -0.15) is 0 Å². The van der Waals surface area contributed by atoms with Crippen LogP contribution in [0.25, 0.3) is 0 Å². The molecule has 1 fully saturated rings. The lowest BCUT2D eigenvalue weighted by atomic mass is 9.97. The lowest BCUT2D eigenvalue weighted by Gasteiger charge is -2.35. The number of nitrogens with one attached hydrogen (secondary N) is 2. The standard InChI is InChI=1S/C20H34N4.HI/c1-5-18-10-6-7-11-19(18)14-23-20(21-4)22-13-17-9-8-12-24(15-17)16(2)3;/h6-7,10-11,16-17H,5,8-9,12-15H2,1-4H3,(H2,21,22,23);1H. The summed E-state index contributed by atoms with van der Waals surface area (Å²) >= 11 is 0. The molecule has 1 aliphatic rings. The molecule has 2 N–H and O–H groups in total. The quantitative estimate of drug-likeness (QED) is 0.389. The number of rotatable bonds is 6. The van der Waals surface area contributed by atoms with Crippen molar-refractivity contribution in [3.63, 3.8) is 0 Å². The molecule has 5 heteroatoms. The summed E-state index contributed by atoms with van der Waals surface area (Å²) in [5.41, 5.74) is 2.76. The van der Waals surface area contributed by atoms with E-state index in [0.717, 1.165) is 25.5 Å². The van der Waals surface area contributed by atoms with Gasteiger partial charge in [0, 0.05) is 32.7 Å². The average Bonchev–Trinajstić information content (AvgIpc) is 2.62. The van der Waals surface area contributed by atoms with E-state index in [1.807, 2.05) is 7.05 Å². The van der Waals surface area contributed by atoms with Crippen LogP contribution in [0.3, 0.4) is 0 Å². The summed E-state index contributed by atoms with van der Waals surface area (Å²) in [6.07, 6.45) is 3.68. The minimum atomic E-state index is 0. The smallest absolute Gasteiger partial charge is 0.191 e. The first-order valence-corrected chi connectivity index (χ1v) is 9.39. The summed E-state index contributed by atoms with van der Waals surface area (Å²) in [5, 5.41) is 6.98. The lowest BCUT2D eigenvalue weighted by molar-refractivity contribution is 0.141. The molecule has 0 bridgehead atoms. The molecule has 1 atom stereocenters. The predicted molar refractivity (Wildman–Crippen MR) is 119 cm³/mol. The van der Waals surface area contributed by atoms with Crippen LogP contribution in [0.4, 0.5) is 0 Å². The molecule has 1 unspecified atom stereocenters. The Kier molecular flexibility index (Phi) is 10.4. The van der Waals surface area contributed by atoms with Crippen molar-refractivity contribution in [1.29, 1.82) is 0 Å². The summed E-state index contributed by atoms with van der Waals surface area (Å²) in [5.74, 6) is 1.62. The first kappa shape index (κ1) is 22.2. The van der Waals surface area contributed by atoms with Crippen LogP contribution in [-0.2, 0) is 13.0 Å². The molecule has 25 heavy (non-hydrogen) atoms. The van der Waals surface area contributed by atoms with Crippen molar-refractivity contribution in [2.45, 2.75) is 52.6 Å². The Hall–Kier alpha value is -0.820. The second-order valence-corrected chi connectivity index (χ2v) is 7.03. The maximum Gasteiger partial charge on any atom is 0.191 e. The molecule has 0 saturated carbocycles. The van der Waals surface area contributed by atoms with Gasteiger partial charge in [0.2, 0.25) is 0 Å². The van der Waals surface area contributed by atoms with Gasteiger partial charge in [-0.25, -0.2) is 0 Å². The highest BCUT2D eigenvalue weighted by molar-refractivity contribution is 14.0. The Bertz CT molecular complexity index is 530. The van der Waals surface area contributed by atoms with E-state index in [1.54, 1.807) is 0 Å². The first-order chi connectivity index (χ1) is 11.6. The van der Waals surface area contributed by atoms with Crippen molar-refractivity contribution in [2.24, 2.45) is 10.9 Å². The number of hydrogen-bond acceptors (Lipinski definition) is 2. The number of guanidine groups is 1. The molecule has 0 radical (unpaired) electrons. The summed E-state index contributed by atoms with van der Waals surface area (Å²) in [4.78, 5) is 6.96. The summed E-state index contributed by atoms with van der Waals surface area (Å²) in [6.45, 7) is 11.1. The van der Waals surface area contributed by atoms with Gasteiger partial charge < -0.3 is 15.5 Å². The molecule has 0 amide bonds. The lowest BCUT2D eigenvalue weighted by Crippen LogP contribution is -2.46. The predicted octanol–water partition coefficient (Wildman–Crippen LogP) is 3.65. The summed E-state index contributed by atoms with van der Waals surface area (Å²) in [6, 6.07) is 9.26. The molecule has 0 aliphatic carbocycles. The Balaban J connectivity index is 0.00000312. The Morgan fingerprint density at radius 1 is 1.24 bits per heavy atom. The number of nitrogens with zero attached hydrogens (tertiary/aromatic N) is 2. The Labute approximate surface area is 170 Å². The zero-order valence-corrected chi connectivity index (χ0v) is 18.5. The SMILES string of the molecule is CCc1ccccc1CNC(=NC)NCC1CCCN(C(C)C)C1.I. The maximum atomic E-state index is 4.38. The fourth-order valence-corrected chi connectivity index (χ4v) is 3.45. The minimum absolute atomic E-state index is 0. The molecule has 142 valence electrons. The van der Waals surface area contributed by atoms with Crippen LogP contribution in [0.2, 0.25) is 0 Å². The van der Waals surface area contributed by atoms with Crippen molar-refractivity contribution < 1.29 is 0 Å². The average molecular weight is 458 g/mol. The van der Waals surface area contributed by atoms with E-state index in [-0.39, 0.29) is 24.0 Å². The van der Waals surface area contributed by atoms with E-state index in [2.05, 4.69) is 65.6 Å². The van der Waals surface area contributed by atoms with Crippen molar-refractivity contribution in [3.8, 4) is 0 Å². The topological polar surface area (TPSA) is 39.7 Å². The normalized spacial score (nSPS) is 18.8. The van der Waals surface area contributed by atoms with Gasteiger partial charge in [-0.15, -0.1) is 24.0 Å². The minimum Gasteiger partial charge on any atom is -0.356 e. The van der Waals surface area contributed by atoms with Gasteiger partial charge >= 0.3 is 0 Å². The fraction of sp³-hybridized carbons (Fsp3) is 0.650. The first-order valence-electron chi connectivity index (χ1n) is 9.39. The maximum absolute atomic E-state index is 4.38. The van der Waals surface area contributed by atoms with E-state index in [4.69, 9.17) is 0 Å². The summed E-state index contributed by atoms with van der Waals surface area (Å²) in [7, 11) is 1.85.